The number of carbonyl (C=O) groups is 1. The second-order valence-corrected chi connectivity index (χ2v) is 9.70. The molecule has 8 nitrogen and oxygen atoms in total. The number of carbonyl (C=O) groups excluding carboxylic acids is 1. The number of hydrogen-bond acceptors (Lipinski definition) is 8. The molecule has 1 aromatic heterocycles. The molecule has 33 heavy (non-hydrogen) atoms. The van der Waals surface area contributed by atoms with Gasteiger partial charge in [-0.05, 0) is 56.3 Å². The standard InChI is InChI=1S/C23H26N2O6S2/c1-4-30-20-11-8-17(13-21(20)29-3)23-25-18(15-32-23)14-31-22(26)12-7-16-5-9-19(10-6-16)33(27,28)24-2/h5-6,8-11,13,15,24H,4,7,12,14H2,1-3H3. The molecule has 1 N–H and O–H groups in total. The van der Waals surface area contributed by atoms with Crippen molar-refractivity contribution in [2.75, 3.05) is 20.8 Å². The summed E-state index contributed by atoms with van der Waals surface area (Å²) in [7, 11) is -0.522. The lowest BCUT2D eigenvalue weighted by Crippen LogP contribution is -2.18. The molecular formula is C23H26N2O6S2. The first kappa shape index (κ1) is 24.7. The van der Waals surface area contributed by atoms with Gasteiger partial charge in [0.05, 0.1) is 24.3 Å². The second-order valence-electron chi connectivity index (χ2n) is 6.95. The highest BCUT2D eigenvalue weighted by atomic mass is 32.2. The van der Waals surface area contributed by atoms with Crippen molar-refractivity contribution in [3.05, 3.63) is 59.1 Å². The number of sulfonamides is 1. The van der Waals surface area contributed by atoms with Gasteiger partial charge in [0.1, 0.15) is 11.6 Å². The Bertz CT molecular complexity index is 1190. The summed E-state index contributed by atoms with van der Waals surface area (Å²) in [5, 5.41) is 2.64. The summed E-state index contributed by atoms with van der Waals surface area (Å²) in [6, 6.07) is 12.0. The Balaban J connectivity index is 1.52. The highest BCUT2D eigenvalue weighted by molar-refractivity contribution is 7.89. The summed E-state index contributed by atoms with van der Waals surface area (Å²) >= 11 is 1.46. The maximum absolute atomic E-state index is 12.1. The summed E-state index contributed by atoms with van der Waals surface area (Å²) < 4.78 is 42.1. The van der Waals surface area contributed by atoms with E-state index in [1.165, 1.54) is 30.5 Å². The molecule has 176 valence electrons. The molecule has 0 unspecified atom stereocenters. The number of benzene rings is 2. The molecule has 0 bridgehead atoms. The Kier molecular flexibility index (Phi) is 8.43. The van der Waals surface area contributed by atoms with Gasteiger partial charge in [-0.3, -0.25) is 4.79 Å². The molecule has 1 heterocycles. The predicted octanol–water partition coefficient (Wildman–Crippen LogP) is 3.80. The Hall–Kier alpha value is -2.95. The molecule has 0 amide bonds. The molecule has 0 saturated carbocycles. The third-order valence-corrected chi connectivity index (χ3v) is 7.13. The van der Waals surface area contributed by atoms with E-state index in [-0.39, 0.29) is 23.9 Å². The lowest BCUT2D eigenvalue weighted by Gasteiger charge is -2.09. The van der Waals surface area contributed by atoms with Gasteiger partial charge < -0.3 is 14.2 Å². The maximum Gasteiger partial charge on any atom is 0.306 e. The van der Waals surface area contributed by atoms with Crippen LogP contribution in [0.3, 0.4) is 0 Å². The summed E-state index contributed by atoms with van der Waals surface area (Å²) in [6.45, 7) is 2.55. The topological polar surface area (TPSA) is 104 Å². The fraction of sp³-hybridized carbons (Fsp3) is 0.304. The average molecular weight is 491 g/mol. The van der Waals surface area contributed by atoms with E-state index >= 15 is 0 Å². The van der Waals surface area contributed by atoms with Crippen LogP contribution in [0.5, 0.6) is 11.5 Å². The minimum atomic E-state index is -3.47. The molecule has 0 fully saturated rings. The quantitative estimate of drug-likeness (QED) is 0.408. The highest BCUT2D eigenvalue weighted by Gasteiger charge is 2.13. The summed E-state index contributed by atoms with van der Waals surface area (Å²) in [4.78, 5) is 16.9. The van der Waals surface area contributed by atoms with Crippen LogP contribution in [0.2, 0.25) is 0 Å². The molecule has 0 saturated heterocycles. The minimum Gasteiger partial charge on any atom is -0.493 e. The van der Waals surface area contributed by atoms with Gasteiger partial charge in [-0.15, -0.1) is 11.3 Å². The summed E-state index contributed by atoms with van der Waals surface area (Å²) in [5.74, 6) is 0.959. The van der Waals surface area contributed by atoms with Gasteiger partial charge in [-0.25, -0.2) is 18.1 Å². The lowest BCUT2D eigenvalue weighted by molar-refractivity contribution is -0.145. The minimum absolute atomic E-state index is 0.0862. The summed E-state index contributed by atoms with van der Waals surface area (Å²) in [5.41, 5.74) is 2.40. The van der Waals surface area contributed by atoms with Gasteiger partial charge in [0.25, 0.3) is 0 Å². The molecular weight excluding hydrogens is 464 g/mol. The molecule has 0 aliphatic heterocycles. The van der Waals surface area contributed by atoms with Gasteiger partial charge in [0.2, 0.25) is 10.0 Å². The van der Waals surface area contributed by atoms with Gasteiger partial charge in [0.15, 0.2) is 11.5 Å². The second kappa shape index (κ2) is 11.3. The molecule has 10 heteroatoms. The fourth-order valence-electron chi connectivity index (χ4n) is 3.01. The van der Waals surface area contributed by atoms with Crippen molar-refractivity contribution in [2.24, 2.45) is 0 Å². The van der Waals surface area contributed by atoms with Gasteiger partial charge >= 0.3 is 5.97 Å². The Morgan fingerprint density at radius 1 is 1.12 bits per heavy atom. The van der Waals surface area contributed by atoms with Crippen LogP contribution in [-0.2, 0) is 32.6 Å². The molecule has 0 radical (unpaired) electrons. The Morgan fingerprint density at radius 3 is 2.55 bits per heavy atom. The number of hydrogen-bond donors (Lipinski definition) is 1. The van der Waals surface area contributed by atoms with Crippen LogP contribution in [0.25, 0.3) is 10.6 Å². The largest absolute Gasteiger partial charge is 0.493 e. The van der Waals surface area contributed by atoms with Crippen LogP contribution in [-0.4, -0.2) is 40.1 Å². The van der Waals surface area contributed by atoms with Crippen LogP contribution in [0.15, 0.2) is 52.7 Å². The van der Waals surface area contributed by atoms with E-state index in [0.29, 0.717) is 30.2 Å². The van der Waals surface area contributed by atoms with Crippen molar-refractivity contribution >= 4 is 27.3 Å². The van der Waals surface area contributed by atoms with Crippen molar-refractivity contribution in [1.82, 2.24) is 9.71 Å². The van der Waals surface area contributed by atoms with Crippen molar-refractivity contribution in [3.8, 4) is 22.1 Å². The number of esters is 1. The molecule has 0 atom stereocenters. The van der Waals surface area contributed by atoms with E-state index in [9.17, 15) is 13.2 Å². The van der Waals surface area contributed by atoms with E-state index in [1.54, 1.807) is 19.2 Å². The van der Waals surface area contributed by atoms with E-state index in [0.717, 1.165) is 16.1 Å². The SMILES string of the molecule is CCOc1ccc(-c2nc(COC(=O)CCc3ccc(S(=O)(=O)NC)cc3)cs2)cc1OC. The number of nitrogens with one attached hydrogen (secondary N) is 1. The molecule has 3 rings (SSSR count). The van der Waals surface area contributed by atoms with Crippen LogP contribution in [0.1, 0.15) is 24.6 Å². The molecule has 3 aromatic rings. The van der Waals surface area contributed by atoms with E-state index in [2.05, 4.69) is 9.71 Å². The molecule has 0 aliphatic carbocycles. The third kappa shape index (κ3) is 6.53. The number of rotatable bonds is 11. The first-order chi connectivity index (χ1) is 15.9. The van der Waals surface area contributed by atoms with Crippen LogP contribution < -0.4 is 14.2 Å². The number of aryl methyl sites for hydroxylation is 1. The number of thiazole rings is 1. The van der Waals surface area contributed by atoms with Gasteiger partial charge in [-0.1, -0.05) is 12.1 Å². The highest BCUT2D eigenvalue weighted by Crippen LogP contribution is 2.33. The molecule has 0 aliphatic rings. The summed E-state index contributed by atoms with van der Waals surface area (Å²) in [6.07, 6.45) is 0.637. The third-order valence-electron chi connectivity index (χ3n) is 4.76. The maximum atomic E-state index is 12.1. The number of aromatic nitrogens is 1. The monoisotopic (exact) mass is 490 g/mol. The molecule has 2 aromatic carbocycles. The van der Waals surface area contributed by atoms with Crippen molar-refractivity contribution in [1.29, 1.82) is 0 Å². The van der Waals surface area contributed by atoms with E-state index in [4.69, 9.17) is 14.2 Å². The zero-order valence-electron chi connectivity index (χ0n) is 18.7. The zero-order valence-corrected chi connectivity index (χ0v) is 20.3. The smallest absolute Gasteiger partial charge is 0.306 e. The predicted molar refractivity (Wildman–Crippen MR) is 126 cm³/mol. The van der Waals surface area contributed by atoms with Crippen molar-refractivity contribution in [3.63, 3.8) is 0 Å². The first-order valence-electron chi connectivity index (χ1n) is 10.3. The normalized spacial score (nSPS) is 11.2. The van der Waals surface area contributed by atoms with Crippen LogP contribution in [0.4, 0.5) is 0 Å². The lowest BCUT2D eigenvalue weighted by atomic mass is 10.1. The Morgan fingerprint density at radius 2 is 1.88 bits per heavy atom. The van der Waals surface area contributed by atoms with Crippen LogP contribution >= 0.6 is 11.3 Å². The van der Waals surface area contributed by atoms with Gasteiger partial charge in [-0.2, -0.15) is 0 Å². The van der Waals surface area contributed by atoms with Crippen molar-refractivity contribution in [2.45, 2.75) is 31.3 Å². The van der Waals surface area contributed by atoms with Gasteiger partial charge in [0, 0.05) is 17.4 Å². The molecule has 0 spiro atoms. The van der Waals surface area contributed by atoms with Crippen LogP contribution in [0, 0.1) is 0 Å². The van der Waals surface area contributed by atoms with Crippen molar-refractivity contribution < 1.29 is 27.4 Å². The zero-order chi connectivity index (χ0) is 23.8. The first-order valence-corrected chi connectivity index (χ1v) is 12.7. The number of methoxy groups -OCH3 is 1. The number of ether oxygens (including phenoxy) is 3. The van der Waals surface area contributed by atoms with E-state index in [1.807, 2.05) is 30.5 Å². The number of nitrogens with zero attached hydrogens (tertiary/aromatic N) is 1. The van der Waals surface area contributed by atoms with E-state index < -0.39 is 10.0 Å². The average Bonchev–Trinajstić information content (AvgIpc) is 3.31. The fourth-order valence-corrected chi connectivity index (χ4v) is 4.54. The Labute approximate surface area is 197 Å².